The van der Waals surface area contributed by atoms with Gasteiger partial charge in [-0.15, -0.1) is 0 Å². The molecule has 1 aromatic heterocycles. The molecule has 34 heavy (non-hydrogen) atoms. The summed E-state index contributed by atoms with van der Waals surface area (Å²) in [5.41, 5.74) is 2.35. The zero-order valence-corrected chi connectivity index (χ0v) is 18.5. The van der Waals surface area contributed by atoms with Crippen LogP contribution in [-0.2, 0) is 14.3 Å². The highest BCUT2D eigenvalue weighted by atomic mass is 16.5. The lowest BCUT2D eigenvalue weighted by atomic mass is 9.95. The SMILES string of the molecule is CCOC(=O)C1=C(COC(=O)c2ccc3nccnc3c2)NC(=O)N[C@H]1c1ccc(OC)cc1. The Kier molecular flexibility index (Phi) is 6.67. The number of ether oxygens (including phenoxy) is 3. The maximum absolute atomic E-state index is 12.8. The van der Waals surface area contributed by atoms with E-state index in [0.29, 0.717) is 22.3 Å². The summed E-state index contributed by atoms with van der Waals surface area (Å²) < 4.78 is 15.8. The molecule has 0 aliphatic carbocycles. The van der Waals surface area contributed by atoms with Crippen molar-refractivity contribution in [2.75, 3.05) is 20.3 Å². The smallest absolute Gasteiger partial charge is 0.338 e. The molecule has 4 rings (SSSR count). The summed E-state index contributed by atoms with van der Waals surface area (Å²) in [7, 11) is 1.54. The van der Waals surface area contributed by atoms with Gasteiger partial charge in [0.2, 0.25) is 0 Å². The molecule has 0 saturated carbocycles. The molecule has 1 atom stereocenters. The van der Waals surface area contributed by atoms with Crippen molar-refractivity contribution in [3.05, 3.63) is 77.3 Å². The molecule has 2 aromatic carbocycles. The predicted octanol–water partition coefficient (Wildman–Crippen LogP) is 2.67. The van der Waals surface area contributed by atoms with Crippen molar-refractivity contribution in [1.29, 1.82) is 0 Å². The lowest BCUT2D eigenvalue weighted by molar-refractivity contribution is -0.139. The zero-order valence-electron chi connectivity index (χ0n) is 18.5. The number of esters is 2. The number of hydrogen-bond donors (Lipinski definition) is 2. The van der Waals surface area contributed by atoms with Gasteiger partial charge in [-0.25, -0.2) is 14.4 Å². The van der Waals surface area contributed by atoms with E-state index in [0.717, 1.165) is 0 Å². The molecule has 2 heterocycles. The van der Waals surface area contributed by atoms with Crippen LogP contribution in [0.1, 0.15) is 28.9 Å². The van der Waals surface area contributed by atoms with Gasteiger partial charge < -0.3 is 24.8 Å². The van der Waals surface area contributed by atoms with Gasteiger partial charge in [0.15, 0.2) is 0 Å². The molecule has 0 bridgehead atoms. The van der Waals surface area contributed by atoms with Crippen LogP contribution in [0.4, 0.5) is 4.79 Å². The fraction of sp³-hybridized carbons (Fsp3) is 0.208. The maximum atomic E-state index is 12.8. The molecule has 0 spiro atoms. The van der Waals surface area contributed by atoms with Gasteiger partial charge in [-0.3, -0.25) is 9.97 Å². The van der Waals surface area contributed by atoms with Crippen molar-refractivity contribution in [2.45, 2.75) is 13.0 Å². The van der Waals surface area contributed by atoms with Crippen LogP contribution in [0.3, 0.4) is 0 Å². The molecule has 2 N–H and O–H groups in total. The maximum Gasteiger partial charge on any atom is 0.338 e. The molecular formula is C24H22N4O6. The summed E-state index contributed by atoms with van der Waals surface area (Å²) >= 11 is 0. The molecule has 10 heteroatoms. The lowest BCUT2D eigenvalue weighted by Gasteiger charge is -2.29. The van der Waals surface area contributed by atoms with Crippen LogP contribution in [0.2, 0.25) is 0 Å². The first-order valence-corrected chi connectivity index (χ1v) is 10.5. The van der Waals surface area contributed by atoms with Gasteiger partial charge in [-0.05, 0) is 42.8 Å². The Hall–Kier alpha value is -4.47. The van der Waals surface area contributed by atoms with Crippen molar-refractivity contribution in [2.24, 2.45) is 0 Å². The van der Waals surface area contributed by atoms with E-state index < -0.39 is 24.0 Å². The Morgan fingerprint density at radius 3 is 2.41 bits per heavy atom. The quantitative estimate of drug-likeness (QED) is 0.513. The van der Waals surface area contributed by atoms with Gasteiger partial charge in [0, 0.05) is 12.4 Å². The van der Waals surface area contributed by atoms with Gasteiger partial charge in [-0.2, -0.15) is 0 Å². The molecule has 0 radical (unpaired) electrons. The van der Waals surface area contributed by atoms with E-state index in [1.165, 1.54) is 6.20 Å². The third kappa shape index (κ3) is 4.80. The highest BCUT2D eigenvalue weighted by Crippen LogP contribution is 2.29. The molecule has 1 aliphatic heterocycles. The summed E-state index contributed by atoms with van der Waals surface area (Å²) in [6.45, 7) is 1.47. The Balaban J connectivity index is 1.62. The minimum absolute atomic E-state index is 0.136. The number of carbonyl (C=O) groups is 3. The first-order valence-electron chi connectivity index (χ1n) is 10.5. The number of amides is 2. The first-order chi connectivity index (χ1) is 16.5. The van der Waals surface area contributed by atoms with E-state index in [-0.39, 0.29) is 30.0 Å². The molecule has 1 aliphatic rings. The van der Waals surface area contributed by atoms with Crippen LogP contribution in [0, 0.1) is 0 Å². The van der Waals surface area contributed by atoms with E-state index >= 15 is 0 Å². The molecule has 0 unspecified atom stereocenters. The third-order valence-electron chi connectivity index (χ3n) is 5.15. The van der Waals surface area contributed by atoms with Gasteiger partial charge in [0.05, 0.1) is 47.6 Å². The largest absolute Gasteiger partial charge is 0.497 e. The van der Waals surface area contributed by atoms with Crippen molar-refractivity contribution < 1.29 is 28.6 Å². The van der Waals surface area contributed by atoms with Gasteiger partial charge in [0.1, 0.15) is 12.4 Å². The number of nitrogens with zero attached hydrogens (tertiary/aromatic N) is 2. The second-order valence-corrected chi connectivity index (χ2v) is 7.25. The second kappa shape index (κ2) is 9.99. The van der Waals surface area contributed by atoms with E-state index in [9.17, 15) is 14.4 Å². The van der Waals surface area contributed by atoms with Crippen LogP contribution in [0.25, 0.3) is 11.0 Å². The van der Waals surface area contributed by atoms with E-state index in [1.54, 1.807) is 62.7 Å². The van der Waals surface area contributed by atoms with Crippen molar-refractivity contribution in [1.82, 2.24) is 20.6 Å². The summed E-state index contributed by atoms with van der Waals surface area (Å²) in [4.78, 5) is 46.2. The van der Waals surface area contributed by atoms with Crippen LogP contribution >= 0.6 is 0 Å². The Labute approximate surface area is 194 Å². The summed E-state index contributed by atoms with van der Waals surface area (Å²) in [6, 6.07) is 10.3. The lowest BCUT2D eigenvalue weighted by Crippen LogP contribution is -2.47. The Bertz CT molecular complexity index is 1270. The topological polar surface area (TPSA) is 129 Å². The Morgan fingerprint density at radius 2 is 1.71 bits per heavy atom. The number of hydrogen-bond acceptors (Lipinski definition) is 8. The van der Waals surface area contributed by atoms with Crippen LogP contribution < -0.4 is 15.4 Å². The average molecular weight is 462 g/mol. The van der Waals surface area contributed by atoms with E-state index in [1.807, 2.05) is 0 Å². The van der Waals surface area contributed by atoms with Gasteiger partial charge in [-0.1, -0.05) is 12.1 Å². The van der Waals surface area contributed by atoms with Gasteiger partial charge in [0.25, 0.3) is 0 Å². The number of methoxy groups -OCH3 is 1. The number of carbonyl (C=O) groups excluding carboxylic acids is 3. The normalized spacial score (nSPS) is 15.4. The minimum atomic E-state index is -0.802. The van der Waals surface area contributed by atoms with E-state index in [2.05, 4.69) is 20.6 Å². The van der Waals surface area contributed by atoms with Crippen LogP contribution in [-0.4, -0.2) is 48.3 Å². The van der Waals surface area contributed by atoms with Crippen molar-refractivity contribution in [3.63, 3.8) is 0 Å². The molecule has 0 fully saturated rings. The average Bonchev–Trinajstić information content (AvgIpc) is 2.86. The standard InChI is InChI=1S/C24H22N4O6/c1-3-33-23(30)20-19(27-24(31)28-21(20)14-4-7-16(32-2)8-5-14)13-34-22(29)15-6-9-17-18(12-15)26-11-10-25-17/h4-12,21H,3,13H2,1-2H3,(H2,27,28,31)/t21-/m0/s1. The fourth-order valence-corrected chi connectivity index (χ4v) is 3.54. The molecular weight excluding hydrogens is 440 g/mol. The van der Waals surface area contributed by atoms with Crippen molar-refractivity contribution >= 4 is 29.0 Å². The molecule has 10 nitrogen and oxygen atoms in total. The second-order valence-electron chi connectivity index (χ2n) is 7.25. The number of aromatic nitrogens is 2. The predicted molar refractivity (Wildman–Crippen MR) is 121 cm³/mol. The highest BCUT2D eigenvalue weighted by molar-refractivity contribution is 5.96. The number of urea groups is 1. The van der Waals surface area contributed by atoms with Gasteiger partial charge >= 0.3 is 18.0 Å². The number of fused-ring (bicyclic) bond motifs is 1. The molecule has 174 valence electrons. The Morgan fingerprint density at radius 1 is 0.971 bits per heavy atom. The highest BCUT2D eigenvalue weighted by Gasteiger charge is 2.34. The molecule has 3 aromatic rings. The summed E-state index contributed by atoms with van der Waals surface area (Å²) in [5, 5.41) is 5.29. The monoisotopic (exact) mass is 462 g/mol. The summed E-state index contributed by atoms with van der Waals surface area (Å²) in [6.07, 6.45) is 3.08. The third-order valence-corrected chi connectivity index (χ3v) is 5.15. The van der Waals surface area contributed by atoms with E-state index in [4.69, 9.17) is 14.2 Å². The summed E-state index contributed by atoms with van der Waals surface area (Å²) in [5.74, 6) is -0.653. The zero-order chi connectivity index (χ0) is 24.1. The van der Waals surface area contributed by atoms with Crippen molar-refractivity contribution in [3.8, 4) is 5.75 Å². The molecule has 0 saturated heterocycles. The minimum Gasteiger partial charge on any atom is -0.497 e. The first kappa shape index (κ1) is 22.7. The van der Waals surface area contributed by atoms with Crippen LogP contribution in [0.5, 0.6) is 5.75 Å². The fourth-order valence-electron chi connectivity index (χ4n) is 3.54. The molecule has 2 amide bonds. The number of rotatable bonds is 7. The number of nitrogens with one attached hydrogen (secondary N) is 2. The van der Waals surface area contributed by atoms with Crippen LogP contribution in [0.15, 0.2) is 66.1 Å². The number of benzene rings is 2.